The molecule has 6 heteroatoms. The Kier molecular flexibility index (Phi) is 4.34. The molecule has 1 heterocycles. The Hall–Kier alpha value is -1.30. The zero-order valence-electron chi connectivity index (χ0n) is 10.4. The lowest BCUT2D eigenvalue weighted by atomic mass is 10.0. The molecular formula is C11H20N2O4. The molecule has 0 aromatic rings. The normalized spacial score (nSPS) is 25.1. The van der Waals surface area contributed by atoms with Crippen LogP contribution < -0.4 is 10.6 Å². The third kappa shape index (κ3) is 5.04. The van der Waals surface area contributed by atoms with Crippen LogP contribution in [0.4, 0.5) is 4.79 Å². The fraction of sp³-hybridized carbons (Fsp3) is 0.818. The van der Waals surface area contributed by atoms with Crippen LogP contribution in [0.2, 0.25) is 0 Å². The molecule has 0 aromatic carbocycles. The van der Waals surface area contributed by atoms with E-state index in [1.54, 1.807) is 20.8 Å². The molecule has 1 aliphatic heterocycles. The second kappa shape index (κ2) is 5.35. The molecule has 1 amide bonds. The Morgan fingerprint density at radius 2 is 2.00 bits per heavy atom. The summed E-state index contributed by atoms with van der Waals surface area (Å²) in [5.41, 5.74) is -0.551. The van der Waals surface area contributed by atoms with E-state index in [-0.39, 0.29) is 6.17 Å². The zero-order valence-corrected chi connectivity index (χ0v) is 10.4. The Bertz CT molecular complexity index is 298. The number of amides is 1. The standard InChI is InChI=1S/C11H20N2O4/c1-11(2,3)17-10(16)13-8-6-4-5-7(12-8)9(14)15/h7-8,12H,4-6H2,1-3H3,(H,13,16)(H,14,15). The maximum absolute atomic E-state index is 11.5. The highest BCUT2D eigenvalue weighted by atomic mass is 16.6. The van der Waals surface area contributed by atoms with Crippen molar-refractivity contribution in [2.24, 2.45) is 0 Å². The number of ether oxygens (including phenoxy) is 1. The van der Waals surface area contributed by atoms with Gasteiger partial charge in [0.2, 0.25) is 0 Å². The number of hydrogen-bond donors (Lipinski definition) is 3. The van der Waals surface area contributed by atoms with Gasteiger partial charge in [0.1, 0.15) is 11.6 Å². The lowest BCUT2D eigenvalue weighted by Gasteiger charge is -2.30. The summed E-state index contributed by atoms with van der Waals surface area (Å²) in [6.07, 6.45) is 1.20. The lowest BCUT2D eigenvalue weighted by Crippen LogP contribution is -2.55. The van der Waals surface area contributed by atoms with Gasteiger partial charge in [-0.2, -0.15) is 0 Å². The molecule has 98 valence electrons. The second-order valence-corrected chi connectivity index (χ2v) is 5.19. The van der Waals surface area contributed by atoms with Gasteiger partial charge in [-0.05, 0) is 40.0 Å². The molecule has 0 saturated carbocycles. The van der Waals surface area contributed by atoms with E-state index in [0.29, 0.717) is 12.8 Å². The number of carboxylic acid groups (broad SMARTS) is 1. The fourth-order valence-corrected chi connectivity index (χ4v) is 1.69. The topological polar surface area (TPSA) is 87.7 Å². The summed E-state index contributed by atoms with van der Waals surface area (Å²) in [6, 6.07) is -0.594. The molecule has 0 radical (unpaired) electrons. The highest BCUT2D eigenvalue weighted by molar-refractivity contribution is 5.74. The molecule has 0 spiro atoms. The molecule has 0 aromatic heterocycles. The van der Waals surface area contributed by atoms with E-state index < -0.39 is 23.7 Å². The van der Waals surface area contributed by atoms with E-state index >= 15 is 0 Å². The molecular weight excluding hydrogens is 224 g/mol. The van der Waals surface area contributed by atoms with E-state index in [1.807, 2.05) is 0 Å². The Morgan fingerprint density at radius 3 is 2.53 bits per heavy atom. The summed E-state index contributed by atoms with van der Waals surface area (Å²) in [7, 11) is 0. The lowest BCUT2D eigenvalue weighted by molar-refractivity contribution is -0.140. The maximum atomic E-state index is 11.5. The van der Waals surface area contributed by atoms with Crippen LogP contribution >= 0.6 is 0 Å². The van der Waals surface area contributed by atoms with E-state index in [4.69, 9.17) is 9.84 Å². The van der Waals surface area contributed by atoms with Crippen LogP contribution in [0.15, 0.2) is 0 Å². The molecule has 17 heavy (non-hydrogen) atoms. The molecule has 6 nitrogen and oxygen atoms in total. The monoisotopic (exact) mass is 244 g/mol. The van der Waals surface area contributed by atoms with Gasteiger partial charge >= 0.3 is 12.1 Å². The smallest absolute Gasteiger partial charge is 0.408 e. The zero-order chi connectivity index (χ0) is 13.1. The van der Waals surface area contributed by atoms with E-state index in [1.165, 1.54) is 0 Å². The number of alkyl carbamates (subject to hydrolysis) is 1. The predicted molar refractivity (Wildman–Crippen MR) is 61.6 cm³/mol. The van der Waals surface area contributed by atoms with Crippen molar-refractivity contribution in [2.45, 2.75) is 57.8 Å². The van der Waals surface area contributed by atoms with Crippen LogP contribution in [-0.4, -0.2) is 35.0 Å². The van der Waals surface area contributed by atoms with Crippen molar-refractivity contribution in [3.63, 3.8) is 0 Å². The molecule has 0 aliphatic carbocycles. The quantitative estimate of drug-likeness (QED) is 0.676. The van der Waals surface area contributed by atoms with E-state index in [2.05, 4.69) is 10.6 Å². The first kappa shape index (κ1) is 13.8. The minimum atomic E-state index is -0.888. The van der Waals surface area contributed by atoms with Gasteiger partial charge in [-0.3, -0.25) is 10.1 Å². The summed E-state index contributed by atoms with van der Waals surface area (Å²) in [4.78, 5) is 22.3. The average molecular weight is 244 g/mol. The maximum Gasteiger partial charge on any atom is 0.408 e. The van der Waals surface area contributed by atoms with Gasteiger partial charge in [0, 0.05) is 0 Å². The largest absolute Gasteiger partial charge is 0.480 e. The molecule has 3 N–H and O–H groups in total. The molecule has 1 fully saturated rings. The highest BCUT2D eigenvalue weighted by Crippen LogP contribution is 2.12. The van der Waals surface area contributed by atoms with Crippen LogP contribution in [-0.2, 0) is 9.53 Å². The van der Waals surface area contributed by atoms with Gasteiger partial charge in [-0.15, -0.1) is 0 Å². The summed E-state index contributed by atoms with van der Waals surface area (Å²) < 4.78 is 5.10. The van der Waals surface area contributed by atoms with Gasteiger partial charge < -0.3 is 15.2 Å². The van der Waals surface area contributed by atoms with Crippen LogP contribution in [0, 0.1) is 0 Å². The van der Waals surface area contributed by atoms with Crippen molar-refractivity contribution in [1.82, 2.24) is 10.6 Å². The number of rotatable bonds is 2. The van der Waals surface area contributed by atoms with Gasteiger partial charge in [0.25, 0.3) is 0 Å². The Morgan fingerprint density at radius 1 is 1.35 bits per heavy atom. The third-order valence-electron chi connectivity index (χ3n) is 2.38. The SMILES string of the molecule is CC(C)(C)OC(=O)NC1CCCC(C(=O)O)N1. The number of carbonyl (C=O) groups is 2. The minimum Gasteiger partial charge on any atom is -0.480 e. The Labute approximate surface area is 101 Å². The highest BCUT2D eigenvalue weighted by Gasteiger charge is 2.28. The average Bonchev–Trinajstić information content (AvgIpc) is 2.14. The first-order valence-corrected chi connectivity index (χ1v) is 5.76. The number of carbonyl (C=O) groups excluding carboxylic acids is 1. The van der Waals surface area contributed by atoms with Crippen LogP contribution in [0.25, 0.3) is 0 Å². The van der Waals surface area contributed by atoms with Crippen molar-refractivity contribution >= 4 is 12.1 Å². The first-order chi connectivity index (χ1) is 7.78. The van der Waals surface area contributed by atoms with Crippen molar-refractivity contribution in [1.29, 1.82) is 0 Å². The molecule has 1 saturated heterocycles. The number of carboxylic acids is 1. The van der Waals surface area contributed by atoms with Crippen molar-refractivity contribution in [3.05, 3.63) is 0 Å². The Balaban J connectivity index is 2.41. The predicted octanol–water partition coefficient (Wildman–Crippen LogP) is 1.06. The van der Waals surface area contributed by atoms with Crippen molar-refractivity contribution in [3.8, 4) is 0 Å². The molecule has 0 bridgehead atoms. The molecule has 1 rings (SSSR count). The minimum absolute atomic E-state index is 0.334. The number of aliphatic carboxylic acids is 1. The molecule has 2 unspecified atom stereocenters. The fourth-order valence-electron chi connectivity index (χ4n) is 1.69. The van der Waals surface area contributed by atoms with Gasteiger partial charge in [-0.1, -0.05) is 0 Å². The van der Waals surface area contributed by atoms with Crippen molar-refractivity contribution < 1.29 is 19.4 Å². The van der Waals surface area contributed by atoms with Crippen molar-refractivity contribution in [2.75, 3.05) is 0 Å². The number of hydrogen-bond acceptors (Lipinski definition) is 4. The van der Waals surface area contributed by atoms with Crippen LogP contribution in [0.1, 0.15) is 40.0 Å². The van der Waals surface area contributed by atoms with Crippen LogP contribution in [0.3, 0.4) is 0 Å². The van der Waals surface area contributed by atoms with E-state index in [0.717, 1.165) is 6.42 Å². The second-order valence-electron chi connectivity index (χ2n) is 5.19. The number of piperidine rings is 1. The first-order valence-electron chi connectivity index (χ1n) is 5.76. The van der Waals surface area contributed by atoms with Crippen LogP contribution in [0.5, 0.6) is 0 Å². The van der Waals surface area contributed by atoms with E-state index in [9.17, 15) is 9.59 Å². The molecule has 1 aliphatic rings. The molecule has 2 atom stereocenters. The summed E-state index contributed by atoms with van der Waals surface area (Å²) in [5.74, 6) is -0.888. The number of nitrogens with one attached hydrogen (secondary N) is 2. The summed E-state index contributed by atoms with van der Waals surface area (Å²) in [5, 5.41) is 14.4. The van der Waals surface area contributed by atoms with Gasteiger partial charge in [0.15, 0.2) is 0 Å². The third-order valence-corrected chi connectivity index (χ3v) is 2.38. The van der Waals surface area contributed by atoms with Gasteiger partial charge in [-0.25, -0.2) is 4.79 Å². The summed E-state index contributed by atoms with van der Waals surface area (Å²) in [6.45, 7) is 5.34. The van der Waals surface area contributed by atoms with Gasteiger partial charge in [0.05, 0.1) is 6.17 Å². The summed E-state index contributed by atoms with van der Waals surface area (Å²) >= 11 is 0.